The fourth-order valence-electron chi connectivity index (χ4n) is 2.01. The minimum Gasteiger partial charge on any atom is -0.497 e. The van der Waals surface area contributed by atoms with E-state index >= 15 is 0 Å². The molecule has 0 aliphatic carbocycles. The fraction of sp³-hybridized carbons (Fsp3) is 0.188. The van der Waals surface area contributed by atoms with E-state index < -0.39 is 0 Å². The van der Waals surface area contributed by atoms with Crippen LogP contribution in [0.2, 0.25) is 5.02 Å². The number of hydrogen-bond acceptors (Lipinski definition) is 2. The van der Waals surface area contributed by atoms with Crippen LogP contribution in [0, 0.1) is 13.8 Å². The molecule has 2 aromatic rings. The quantitative estimate of drug-likeness (QED) is 0.795. The van der Waals surface area contributed by atoms with Gasteiger partial charge >= 0.3 is 0 Å². The van der Waals surface area contributed by atoms with Gasteiger partial charge in [0, 0.05) is 5.56 Å². The second-order valence-electron chi connectivity index (χ2n) is 4.57. The molecular formula is C16H16ClO2P. The Morgan fingerprint density at radius 3 is 2.50 bits per heavy atom. The summed E-state index contributed by atoms with van der Waals surface area (Å²) in [6, 6.07) is 11.3. The molecule has 0 aliphatic rings. The molecule has 20 heavy (non-hydrogen) atoms. The number of benzene rings is 2. The van der Waals surface area contributed by atoms with Crippen molar-refractivity contribution in [1.82, 2.24) is 0 Å². The molecule has 0 aromatic heterocycles. The van der Waals surface area contributed by atoms with Gasteiger partial charge in [-0.05, 0) is 57.1 Å². The standard InChI is InChI=1S/C16H16ClO2P/c1-10-5-4-6-13(17)15(10)16(18)20-14-8-7-12(19-3)9-11(14)2/h4-9,20H,1-3H3. The average Bonchev–Trinajstić information content (AvgIpc) is 2.41. The van der Waals surface area contributed by atoms with Crippen LogP contribution in [0.5, 0.6) is 5.75 Å². The number of carbonyl (C=O) groups excluding carboxylic acids is 1. The van der Waals surface area contributed by atoms with Gasteiger partial charge in [0.1, 0.15) is 5.75 Å². The molecule has 0 heterocycles. The molecule has 0 bridgehead atoms. The van der Waals surface area contributed by atoms with Gasteiger partial charge in [0.05, 0.1) is 12.1 Å². The molecule has 2 nitrogen and oxygen atoms in total. The summed E-state index contributed by atoms with van der Waals surface area (Å²) in [6.45, 7) is 3.89. The number of ether oxygens (including phenoxy) is 1. The number of carbonyl (C=O) groups is 1. The number of hydrogen-bond donors (Lipinski definition) is 0. The van der Waals surface area contributed by atoms with Gasteiger partial charge in [-0.3, -0.25) is 4.79 Å². The Balaban J connectivity index is 2.28. The number of methoxy groups -OCH3 is 1. The molecule has 0 amide bonds. The Bertz CT molecular complexity index is 633. The molecule has 2 rings (SSSR count). The molecule has 4 heteroatoms. The maximum atomic E-state index is 12.5. The molecule has 0 fully saturated rings. The highest BCUT2D eigenvalue weighted by Crippen LogP contribution is 2.28. The Labute approximate surface area is 125 Å². The van der Waals surface area contributed by atoms with Gasteiger partial charge in [0.25, 0.3) is 0 Å². The molecule has 0 radical (unpaired) electrons. The molecule has 2 aromatic carbocycles. The predicted octanol–water partition coefficient (Wildman–Crippen LogP) is 4.11. The zero-order valence-corrected chi connectivity index (χ0v) is 13.4. The summed E-state index contributed by atoms with van der Waals surface area (Å²) in [5.74, 6) is 0.803. The molecule has 1 atom stereocenters. The molecule has 0 N–H and O–H groups in total. The highest BCUT2D eigenvalue weighted by molar-refractivity contribution is 7.66. The average molecular weight is 307 g/mol. The van der Waals surface area contributed by atoms with Crippen molar-refractivity contribution in [2.24, 2.45) is 0 Å². The van der Waals surface area contributed by atoms with Crippen molar-refractivity contribution in [3.63, 3.8) is 0 Å². The molecule has 0 aliphatic heterocycles. The molecule has 104 valence electrons. The van der Waals surface area contributed by atoms with E-state index in [2.05, 4.69) is 0 Å². The van der Waals surface area contributed by atoms with E-state index in [0.29, 0.717) is 10.6 Å². The number of aryl methyl sites for hydroxylation is 2. The summed E-state index contributed by atoms with van der Waals surface area (Å²) in [6.07, 6.45) is 0. The monoisotopic (exact) mass is 306 g/mol. The minimum absolute atomic E-state index is 0.0662. The van der Waals surface area contributed by atoms with Gasteiger partial charge in [-0.1, -0.05) is 29.8 Å². The molecule has 0 saturated heterocycles. The normalized spacial score (nSPS) is 11.0. The lowest BCUT2D eigenvalue weighted by molar-refractivity contribution is 0.108. The highest BCUT2D eigenvalue weighted by Gasteiger charge is 2.15. The van der Waals surface area contributed by atoms with E-state index in [0.717, 1.165) is 22.2 Å². The lowest BCUT2D eigenvalue weighted by Crippen LogP contribution is -2.06. The van der Waals surface area contributed by atoms with E-state index in [9.17, 15) is 4.79 Å². The van der Waals surface area contributed by atoms with Gasteiger partial charge in [-0.25, -0.2) is 0 Å². The van der Waals surface area contributed by atoms with E-state index in [1.54, 1.807) is 13.2 Å². The lowest BCUT2D eigenvalue weighted by atomic mass is 10.1. The summed E-state index contributed by atoms with van der Waals surface area (Å²) in [5, 5.41) is 1.55. The van der Waals surface area contributed by atoms with E-state index in [4.69, 9.17) is 16.3 Å². The largest absolute Gasteiger partial charge is 0.497 e. The Hall–Kier alpha value is -1.37. The Kier molecular flexibility index (Phi) is 4.80. The van der Waals surface area contributed by atoms with Gasteiger partial charge in [0.15, 0.2) is 5.52 Å². The second kappa shape index (κ2) is 6.39. The first-order valence-electron chi connectivity index (χ1n) is 6.24. The van der Waals surface area contributed by atoms with Crippen LogP contribution in [0.1, 0.15) is 21.5 Å². The lowest BCUT2D eigenvalue weighted by Gasteiger charge is -2.10. The van der Waals surface area contributed by atoms with Crippen molar-refractivity contribution in [1.29, 1.82) is 0 Å². The van der Waals surface area contributed by atoms with E-state index in [1.165, 1.54) is 0 Å². The van der Waals surface area contributed by atoms with Crippen molar-refractivity contribution in [3.8, 4) is 5.75 Å². The number of halogens is 1. The fourth-order valence-corrected chi connectivity index (χ4v) is 3.53. The summed E-state index contributed by atoms with van der Waals surface area (Å²) in [4.78, 5) is 12.5. The van der Waals surface area contributed by atoms with Gasteiger partial charge < -0.3 is 4.74 Å². The van der Waals surface area contributed by atoms with Crippen LogP contribution in [0.4, 0.5) is 0 Å². The third-order valence-electron chi connectivity index (χ3n) is 3.13. The van der Waals surface area contributed by atoms with Gasteiger partial charge in [-0.15, -0.1) is 0 Å². The molecular weight excluding hydrogens is 291 g/mol. The van der Waals surface area contributed by atoms with Crippen LogP contribution < -0.4 is 10.0 Å². The zero-order valence-electron chi connectivity index (χ0n) is 11.7. The van der Waals surface area contributed by atoms with Gasteiger partial charge in [0.2, 0.25) is 0 Å². The first-order chi connectivity index (χ1) is 9.52. The van der Waals surface area contributed by atoms with Crippen molar-refractivity contribution in [3.05, 3.63) is 58.1 Å². The van der Waals surface area contributed by atoms with E-state index in [1.807, 2.05) is 44.2 Å². The van der Waals surface area contributed by atoms with Gasteiger partial charge in [-0.2, -0.15) is 0 Å². The third-order valence-corrected chi connectivity index (χ3v) is 4.75. The zero-order chi connectivity index (χ0) is 14.7. The first kappa shape index (κ1) is 15.0. The summed E-state index contributed by atoms with van der Waals surface area (Å²) >= 11 is 6.14. The maximum absolute atomic E-state index is 12.5. The maximum Gasteiger partial charge on any atom is 0.187 e. The van der Waals surface area contributed by atoms with Crippen molar-refractivity contribution in [2.45, 2.75) is 13.8 Å². The molecule has 0 saturated carbocycles. The van der Waals surface area contributed by atoms with E-state index in [-0.39, 0.29) is 14.1 Å². The SMILES string of the molecule is COc1ccc(PC(=O)c2c(C)cccc2Cl)c(C)c1. The van der Waals surface area contributed by atoms with Crippen LogP contribution in [0.3, 0.4) is 0 Å². The third kappa shape index (κ3) is 3.20. The molecule has 0 spiro atoms. The Morgan fingerprint density at radius 2 is 1.90 bits per heavy atom. The van der Waals surface area contributed by atoms with Crippen LogP contribution in [-0.2, 0) is 0 Å². The summed E-state index contributed by atoms with van der Waals surface area (Å²) < 4.78 is 5.17. The van der Waals surface area contributed by atoms with Crippen LogP contribution in [0.15, 0.2) is 36.4 Å². The topological polar surface area (TPSA) is 26.3 Å². The highest BCUT2D eigenvalue weighted by atomic mass is 35.5. The first-order valence-corrected chi connectivity index (χ1v) is 7.62. The molecule has 1 unspecified atom stereocenters. The summed E-state index contributed by atoms with van der Waals surface area (Å²) in [7, 11) is 1.70. The smallest absolute Gasteiger partial charge is 0.187 e. The van der Waals surface area contributed by atoms with Crippen LogP contribution >= 0.6 is 20.2 Å². The van der Waals surface area contributed by atoms with Crippen LogP contribution in [-0.4, -0.2) is 12.6 Å². The van der Waals surface area contributed by atoms with Crippen LogP contribution in [0.25, 0.3) is 0 Å². The van der Waals surface area contributed by atoms with Crippen molar-refractivity contribution in [2.75, 3.05) is 7.11 Å². The Morgan fingerprint density at radius 1 is 1.15 bits per heavy atom. The second-order valence-corrected chi connectivity index (χ2v) is 6.22. The summed E-state index contributed by atoms with van der Waals surface area (Å²) in [5.41, 5.74) is 2.67. The predicted molar refractivity (Wildman–Crippen MR) is 86.2 cm³/mol. The number of rotatable bonds is 4. The van der Waals surface area contributed by atoms with Crippen molar-refractivity contribution >= 4 is 31.0 Å². The van der Waals surface area contributed by atoms with Crippen molar-refractivity contribution < 1.29 is 9.53 Å². The minimum atomic E-state index is 0.0662.